The topological polar surface area (TPSA) is 54.6 Å². The number of aliphatic carboxylic acids is 1. The number of carboxylic acid groups (broad SMARTS) is 1. The lowest BCUT2D eigenvalue weighted by Gasteiger charge is -2.25. The molecule has 1 N–H and O–H groups in total. The molecule has 4 heteroatoms. The van der Waals surface area contributed by atoms with Crippen molar-refractivity contribution in [2.75, 3.05) is 0 Å². The number of carbonyl (C=O) groups is 1. The highest BCUT2D eigenvalue weighted by molar-refractivity contribution is 6.01. The van der Waals surface area contributed by atoms with E-state index < -0.39 is 11.9 Å². The second-order valence-corrected chi connectivity index (χ2v) is 5.76. The normalized spacial score (nSPS) is 20.5. The molecule has 1 aliphatic heterocycles. The summed E-state index contributed by atoms with van der Waals surface area (Å²) in [5.74, 6) is -1.20. The Bertz CT molecular complexity index is 855. The Morgan fingerprint density at radius 1 is 1.32 bits per heavy atom. The highest BCUT2D eigenvalue weighted by Gasteiger charge is 2.31. The number of carboxylic acids is 1. The van der Waals surface area contributed by atoms with Crippen molar-refractivity contribution in [3.05, 3.63) is 47.8 Å². The summed E-state index contributed by atoms with van der Waals surface area (Å²) in [4.78, 5) is 16.0. The second kappa shape index (κ2) is 4.98. The van der Waals surface area contributed by atoms with Gasteiger partial charge in [-0.1, -0.05) is 18.2 Å². The molecule has 0 fully saturated rings. The van der Waals surface area contributed by atoms with E-state index in [0.717, 1.165) is 40.6 Å². The van der Waals surface area contributed by atoms with E-state index in [2.05, 4.69) is 21.7 Å². The summed E-state index contributed by atoms with van der Waals surface area (Å²) >= 11 is 0. The van der Waals surface area contributed by atoms with Crippen molar-refractivity contribution in [3.63, 3.8) is 0 Å². The number of hydrogen-bond acceptors (Lipinski definition) is 2. The Hall–Kier alpha value is -2.62. The van der Waals surface area contributed by atoms with Crippen molar-refractivity contribution in [1.82, 2.24) is 4.57 Å². The van der Waals surface area contributed by atoms with Gasteiger partial charge in [0, 0.05) is 24.0 Å². The molecule has 0 amide bonds. The zero-order chi connectivity index (χ0) is 15.1. The van der Waals surface area contributed by atoms with E-state index in [0.29, 0.717) is 6.42 Å². The predicted molar refractivity (Wildman–Crippen MR) is 87.7 cm³/mol. The summed E-state index contributed by atoms with van der Waals surface area (Å²) in [6.07, 6.45) is 7.97. The van der Waals surface area contributed by atoms with Gasteiger partial charge in [-0.2, -0.15) is 0 Å². The number of aromatic nitrogens is 1. The van der Waals surface area contributed by atoms with Crippen molar-refractivity contribution < 1.29 is 9.90 Å². The molecule has 1 aromatic heterocycles. The molecule has 22 heavy (non-hydrogen) atoms. The van der Waals surface area contributed by atoms with Crippen LogP contribution < -0.4 is 0 Å². The van der Waals surface area contributed by atoms with Crippen LogP contribution in [0.15, 0.2) is 47.1 Å². The van der Waals surface area contributed by atoms with Crippen LogP contribution in [0.2, 0.25) is 0 Å². The van der Waals surface area contributed by atoms with Crippen molar-refractivity contribution >= 4 is 34.9 Å². The molecule has 2 aromatic rings. The lowest BCUT2D eigenvalue weighted by molar-refractivity contribution is -0.140. The van der Waals surface area contributed by atoms with Gasteiger partial charge in [-0.25, -0.2) is 0 Å². The quantitative estimate of drug-likeness (QED) is 0.869. The summed E-state index contributed by atoms with van der Waals surface area (Å²) in [6.45, 7) is 0. The van der Waals surface area contributed by atoms with Crippen molar-refractivity contribution in [1.29, 1.82) is 0 Å². The number of fused-ring (bicyclic) bond motifs is 4. The Balaban J connectivity index is 2.04. The van der Waals surface area contributed by atoms with Gasteiger partial charge in [-0.3, -0.25) is 9.79 Å². The Morgan fingerprint density at radius 3 is 3.05 bits per heavy atom. The number of allylic oxidation sites excluding steroid dienone is 1. The van der Waals surface area contributed by atoms with Crippen LogP contribution in [0.5, 0.6) is 0 Å². The molecule has 2 aliphatic rings. The van der Waals surface area contributed by atoms with Crippen LogP contribution in [-0.4, -0.2) is 21.9 Å². The monoisotopic (exact) mass is 292 g/mol. The molecule has 4 nitrogen and oxygen atoms in total. The minimum atomic E-state index is -0.748. The average molecular weight is 292 g/mol. The van der Waals surface area contributed by atoms with Crippen LogP contribution in [0.1, 0.15) is 25.0 Å². The number of para-hydroxylation sites is 1. The molecular weight excluding hydrogens is 276 g/mol. The van der Waals surface area contributed by atoms with E-state index in [1.165, 1.54) is 0 Å². The maximum Gasteiger partial charge on any atom is 0.311 e. The largest absolute Gasteiger partial charge is 0.481 e. The first-order valence-electron chi connectivity index (χ1n) is 7.52. The second-order valence-electron chi connectivity index (χ2n) is 5.76. The number of hydrogen-bond donors (Lipinski definition) is 1. The first-order chi connectivity index (χ1) is 10.8. The lowest BCUT2D eigenvalue weighted by Crippen LogP contribution is -2.22. The summed E-state index contributed by atoms with van der Waals surface area (Å²) < 4.78 is 2.06. The van der Waals surface area contributed by atoms with Crippen molar-refractivity contribution in [3.8, 4) is 0 Å². The zero-order valence-corrected chi connectivity index (χ0v) is 12.1. The maximum atomic E-state index is 11.7. The zero-order valence-electron chi connectivity index (χ0n) is 12.1. The standard InChI is InChI=1S/C18H16N2O2/c21-18(22)14-6-3-5-13-11-19-8-9-20-15-7-2-1-4-12(15)10-16(20)17(13)14/h1-2,4,7-11,14H,3,5-6H2,(H,21,22). The van der Waals surface area contributed by atoms with Gasteiger partial charge in [-0.15, -0.1) is 0 Å². The number of nitrogens with zero attached hydrogens (tertiary/aromatic N) is 2. The minimum Gasteiger partial charge on any atom is -0.481 e. The van der Waals surface area contributed by atoms with Gasteiger partial charge in [0.2, 0.25) is 0 Å². The van der Waals surface area contributed by atoms with E-state index in [1.807, 2.05) is 30.6 Å². The Kier molecular flexibility index (Phi) is 2.96. The maximum absolute atomic E-state index is 11.7. The number of rotatable bonds is 1. The predicted octanol–water partition coefficient (Wildman–Crippen LogP) is 3.79. The summed E-state index contributed by atoms with van der Waals surface area (Å²) in [5.41, 5.74) is 4.02. The first kappa shape index (κ1) is 13.1. The van der Waals surface area contributed by atoms with Crippen LogP contribution in [0.4, 0.5) is 0 Å². The molecule has 2 heterocycles. The van der Waals surface area contributed by atoms with Crippen LogP contribution in [0.25, 0.3) is 22.7 Å². The average Bonchev–Trinajstić information content (AvgIpc) is 2.86. The van der Waals surface area contributed by atoms with Gasteiger partial charge in [0.1, 0.15) is 0 Å². The molecule has 1 aromatic carbocycles. The number of aliphatic imine (C=N–C) groups is 1. The lowest BCUT2D eigenvalue weighted by atomic mass is 9.81. The molecular formula is C18H16N2O2. The van der Waals surface area contributed by atoms with Gasteiger partial charge in [-0.05, 0) is 42.5 Å². The highest BCUT2D eigenvalue weighted by atomic mass is 16.4. The molecule has 110 valence electrons. The van der Waals surface area contributed by atoms with Gasteiger partial charge in [0.05, 0.1) is 17.1 Å². The first-order valence-corrected chi connectivity index (χ1v) is 7.52. The van der Waals surface area contributed by atoms with Gasteiger partial charge in [0.25, 0.3) is 0 Å². The summed E-state index contributed by atoms with van der Waals surface area (Å²) in [7, 11) is 0. The third-order valence-electron chi connectivity index (χ3n) is 4.49. The molecule has 1 aliphatic carbocycles. The fraction of sp³-hybridized carbons (Fsp3) is 0.222. The molecule has 0 spiro atoms. The Labute approximate surface area is 128 Å². The SMILES string of the molecule is O=C(O)C1CCCC2=C1c1cc3ccccc3n1C=CN=C2. The van der Waals surface area contributed by atoms with Crippen molar-refractivity contribution in [2.45, 2.75) is 19.3 Å². The van der Waals surface area contributed by atoms with E-state index in [9.17, 15) is 9.90 Å². The van der Waals surface area contributed by atoms with Crippen LogP contribution in [0, 0.1) is 5.92 Å². The van der Waals surface area contributed by atoms with Crippen LogP contribution in [-0.2, 0) is 4.79 Å². The molecule has 0 saturated heterocycles. The minimum absolute atomic E-state index is 0.454. The fourth-order valence-corrected chi connectivity index (χ4v) is 3.51. The van der Waals surface area contributed by atoms with Crippen LogP contribution in [0.3, 0.4) is 0 Å². The Morgan fingerprint density at radius 2 is 2.18 bits per heavy atom. The molecule has 0 bridgehead atoms. The molecule has 1 unspecified atom stereocenters. The van der Waals surface area contributed by atoms with E-state index in [4.69, 9.17) is 0 Å². The van der Waals surface area contributed by atoms with Gasteiger partial charge in [0.15, 0.2) is 0 Å². The molecule has 4 rings (SSSR count). The van der Waals surface area contributed by atoms with Crippen LogP contribution >= 0.6 is 0 Å². The number of benzene rings is 1. The van der Waals surface area contributed by atoms with Crippen molar-refractivity contribution in [2.24, 2.45) is 10.9 Å². The van der Waals surface area contributed by atoms with Gasteiger partial charge < -0.3 is 9.67 Å². The summed E-state index contributed by atoms with van der Waals surface area (Å²) in [5, 5.41) is 10.8. The highest BCUT2D eigenvalue weighted by Crippen LogP contribution is 2.39. The molecule has 1 atom stereocenters. The van der Waals surface area contributed by atoms with Gasteiger partial charge >= 0.3 is 5.97 Å². The van der Waals surface area contributed by atoms with E-state index in [1.54, 1.807) is 6.20 Å². The third-order valence-corrected chi connectivity index (χ3v) is 4.49. The van der Waals surface area contributed by atoms with E-state index in [-0.39, 0.29) is 0 Å². The summed E-state index contributed by atoms with van der Waals surface area (Å²) in [6, 6.07) is 10.2. The smallest absolute Gasteiger partial charge is 0.311 e. The fourth-order valence-electron chi connectivity index (χ4n) is 3.51. The molecule has 0 saturated carbocycles. The third kappa shape index (κ3) is 1.91. The van der Waals surface area contributed by atoms with E-state index >= 15 is 0 Å². The molecule has 0 radical (unpaired) electrons.